The summed E-state index contributed by atoms with van der Waals surface area (Å²) >= 11 is 0. The molecule has 222 valence electrons. The third-order valence-electron chi connectivity index (χ3n) is 7.51. The predicted molar refractivity (Wildman–Crippen MR) is 159 cm³/mol. The highest BCUT2D eigenvalue weighted by atomic mass is 16.6. The van der Waals surface area contributed by atoms with Crippen molar-refractivity contribution in [3.8, 4) is 5.75 Å². The highest BCUT2D eigenvalue weighted by Gasteiger charge is 2.54. The van der Waals surface area contributed by atoms with Gasteiger partial charge in [0, 0.05) is 56.6 Å². The molecule has 0 bridgehead atoms. The number of nitro groups is 1. The largest absolute Gasteiger partial charge is 0.494 e. The van der Waals surface area contributed by atoms with E-state index < -0.39 is 10.9 Å². The molecule has 1 fully saturated rings. The number of fused-ring (bicyclic) bond motifs is 2. The van der Waals surface area contributed by atoms with Crippen LogP contribution in [0.25, 0.3) is 0 Å². The molecule has 0 radical (unpaired) electrons. The lowest BCUT2D eigenvalue weighted by Gasteiger charge is -2.23. The molecular formula is C29H36N8O5. The van der Waals surface area contributed by atoms with Crippen LogP contribution in [-0.4, -0.2) is 84.7 Å². The number of carbonyl (C=O) groups is 1. The number of anilines is 5. The summed E-state index contributed by atoms with van der Waals surface area (Å²) in [4.78, 5) is 44.4. The lowest BCUT2D eigenvalue weighted by Crippen LogP contribution is -2.29. The number of nitrogens with one attached hydrogen (secondary N) is 1. The number of hydrogen-bond donors (Lipinski definition) is 1. The quantitative estimate of drug-likeness (QED) is 0.198. The summed E-state index contributed by atoms with van der Waals surface area (Å²) in [5.41, 5.74) is 2.69. The maximum atomic E-state index is 13.1. The summed E-state index contributed by atoms with van der Waals surface area (Å²) in [6.45, 7) is 5.49. The van der Waals surface area contributed by atoms with Gasteiger partial charge in [0.15, 0.2) is 5.82 Å². The second kappa shape index (κ2) is 11.4. The van der Waals surface area contributed by atoms with Crippen LogP contribution in [0.5, 0.6) is 5.75 Å². The normalized spacial score (nSPS) is 14.7. The Morgan fingerprint density at radius 3 is 2.62 bits per heavy atom. The lowest BCUT2D eigenvalue weighted by atomic mass is 10.1. The zero-order valence-electron chi connectivity index (χ0n) is 24.7. The molecule has 2 aliphatic rings. The van der Waals surface area contributed by atoms with Crippen molar-refractivity contribution < 1.29 is 19.2 Å². The van der Waals surface area contributed by atoms with Crippen molar-refractivity contribution in [1.29, 1.82) is 0 Å². The van der Waals surface area contributed by atoms with Gasteiger partial charge in [-0.25, -0.2) is 9.78 Å². The number of hydrogen-bond acceptors (Lipinski definition) is 12. The van der Waals surface area contributed by atoms with Gasteiger partial charge in [-0.2, -0.15) is 4.98 Å². The van der Waals surface area contributed by atoms with E-state index in [1.807, 2.05) is 40.9 Å². The zero-order chi connectivity index (χ0) is 30.2. The fourth-order valence-electron chi connectivity index (χ4n) is 5.15. The van der Waals surface area contributed by atoms with E-state index in [-0.39, 0.29) is 28.7 Å². The van der Waals surface area contributed by atoms with Crippen LogP contribution < -0.4 is 19.9 Å². The summed E-state index contributed by atoms with van der Waals surface area (Å²) in [5.74, 6) is 0.375. The predicted octanol–water partition coefficient (Wildman–Crippen LogP) is 4.28. The van der Waals surface area contributed by atoms with Gasteiger partial charge < -0.3 is 29.5 Å². The first-order valence-electron chi connectivity index (χ1n) is 13.8. The molecule has 13 nitrogen and oxygen atoms in total. The average molecular weight is 577 g/mol. The second-order valence-electron chi connectivity index (χ2n) is 11.3. The molecule has 5 rings (SSSR count). The molecule has 13 heteroatoms. The monoisotopic (exact) mass is 576 g/mol. The van der Waals surface area contributed by atoms with Gasteiger partial charge in [0.2, 0.25) is 5.95 Å². The molecule has 1 aliphatic heterocycles. The average Bonchev–Trinajstić information content (AvgIpc) is 3.66. The second-order valence-corrected chi connectivity index (χ2v) is 11.3. The summed E-state index contributed by atoms with van der Waals surface area (Å²) < 4.78 is 11.1. The fraction of sp³-hybridized carbons (Fsp3) is 0.448. The summed E-state index contributed by atoms with van der Waals surface area (Å²) in [6, 6.07) is 6.88. The Bertz CT molecular complexity index is 1510. The van der Waals surface area contributed by atoms with Crippen molar-refractivity contribution in [2.75, 3.05) is 63.0 Å². The van der Waals surface area contributed by atoms with Gasteiger partial charge in [0.1, 0.15) is 17.0 Å². The SMILES string of the molecule is COc1cc(N(C)CCN(C)C)c([N+](=O)[O-])cc1Nc1ncc(C(=O)OC(C)C)c(N2CC3(CC3)c3ncccc32)n1. The molecule has 1 spiro atoms. The van der Waals surface area contributed by atoms with Gasteiger partial charge in [-0.05, 0) is 52.9 Å². The number of esters is 1. The number of rotatable bonds is 11. The van der Waals surface area contributed by atoms with E-state index in [9.17, 15) is 14.9 Å². The smallest absolute Gasteiger partial charge is 0.343 e. The number of nitrogens with zero attached hydrogens (tertiary/aromatic N) is 7. The maximum Gasteiger partial charge on any atom is 0.343 e. The van der Waals surface area contributed by atoms with Crippen LogP contribution in [0.2, 0.25) is 0 Å². The van der Waals surface area contributed by atoms with Crippen molar-refractivity contribution >= 4 is 40.5 Å². The van der Waals surface area contributed by atoms with Gasteiger partial charge >= 0.3 is 5.97 Å². The number of methoxy groups -OCH3 is 1. The molecule has 0 atom stereocenters. The van der Waals surface area contributed by atoms with Crippen molar-refractivity contribution in [1.82, 2.24) is 19.9 Å². The molecule has 2 aromatic heterocycles. The van der Waals surface area contributed by atoms with Crippen molar-refractivity contribution in [2.24, 2.45) is 0 Å². The molecule has 1 aromatic carbocycles. The van der Waals surface area contributed by atoms with E-state index >= 15 is 0 Å². The molecule has 3 aromatic rings. The van der Waals surface area contributed by atoms with Crippen LogP contribution >= 0.6 is 0 Å². The molecule has 3 heterocycles. The van der Waals surface area contributed by atoms with Gasteiger partial charge in [-0.1, -0.05) is 0 Å². The van der Waals surface area contributed by atoms with E-state index in [2.05, 4.69) is 15.3 Å². The topological polar surface area (TPSA) is 139 Å². The van der Waals surface area contributed by atoms with Crippen LogP contribution in [-0.2, 0) is 10.2 Å². The van der Waals surface area contributed by atoms with E-state index in [1.165, 1.54) is 19.4 Å². The first-order chi connectivity index (χ1) is 20.0. The Hall–Kier alpha value is -4.52. The summed E-state index contributed by atoms with van der Waals surface area (Å²) in [6.07, 6.45) is 4.89. The van der Waals surface area contributed by atoms with Crippen LogP contribution in [0.15, 0.2) is 36.7 Å². The third kappa shape index (κ3) is 5.64. The van der Waals surface area contributed by atoms with Crippen LogP contribution in [0.4, 0.5) is 34.5 Å². The molecule has 42 heavy (non-hydrogen) atoms. The molecular weight excluding hydrogens is 540 g/mol. The first-order valence-corrected chi connectivity index (χ1v) is 13.8. The summed E-state index contributed by atoms with van der Waals surface area (Å²) in [7, 11) is 7.19. The van der Waals surface area contributed by atoms with Crippen molar-refractivity contribution in [2.45, 2.75) is 38.2 Å². The minimum Gasteiger partial charge on any atom is -0.494 e. The highest BCUT2D eigenvalue weighted by molar-refractivity contribution is 5.96. The Morgan fingerprint density at radius 2 is 1.98 bits per heavy atom. The third-order valence-corrected chi connectivity index (χ3v) is 7.51. The Balaban J connectivity index is 1.54. The Morgan fingerprint density at radius 1 is 1.21 bits per heavy atom. The van der Waals surface area contributed by atoms with Gasteiger partial charge in [0.25, 0.3) is 5.69 Å². The Labute approximate surface area is 244 Å². The molecule has 0 unspecified atom stereocenters. The summed E-state index contributed by atoms with van der Waals surface area (Å²) in [5, 5.41) is 15.2. The minimum absolute atomic E-state index is 0.0629. The number of nitro benzene ring substituents is 1. The molecule has 1 aliphatic carbocycles. The molecule has 0 amide bonds. The minimum atomic E-state index is -0.535. The van der Waals surface area contributed by atoms with Crippen LogP contribution in [0.3, 0.4) is 0 Å². The molecule has 1 saturated carbocycles. The number of pyridine rings is 1. The van der Waals surface area contributed by atoms with Crippen LogP contribution in [0, 0.1) is 10.1 Å². The molecule has 0 saturated heterocycles. The first kappa shape index (κ1) is 29.0. The van der Waals surface area contributed by atoms with Crippen LogP contribution in [0.1, 0.15) is 42.7 Å². The number of ether oxygens (including phenoxy) is 2. The lowest BCUT2D eigenvalue weighted by molar-refractivity contribution is -0.384. The number of likely N-dealkylation sites (N-methyl/N-ethyl adjacent to an activating group) is 2. The van der Waals surface area contributed by atoms with Gasteiger partial charge in [-0.15, -0.1) is 0 Å². The number of aromatic nitrogens is 3. The maximum absolute atomic E-state index is 13.1. The van der Waals surface area contributed by atoms with E-state index in [1.54, 1.807) is 33.2 Å². The Kier molecular flexibility index (Phi) is 7.87. The van der Waals surface area contributed by atoms with Crippen molar-refractivity contribution in [3.63, 3.8) is 0 Å². The zero-order valence-corrected chi connectivity index (χ0v) is 24.7. The number of carbonyl (C=O) groups excluding carboxylic acids is 1. The number of benzene rings is 1. The van der Waals surface area contributed by atoms with Gasteiger partial charge in [0.05, 0.1) is 35.2 Å². The van der Waals surface area contributed by atoms with E-state index in [4.69, 9.17) is 14.5 Å². The highest BCUT2D eigenvalue weighted by Crippen LogP contribution is 2.57. The van der Waals surface area contributed by atoms with Crippen molar-refractivity contribution in [3.05, 3.63) is 58.0 Å². The van der Waals surface area contributed by atoms with E-state index in [0.717, 1.165) is 24.2 Å². The standard InChI is InChI=1S/C29H36N8O5/c1-18(2)42-27(38)19-16-31-28(33-26(19)36-17-29(9-10-29)25-21(36)8-7-11-30-25)32-20-14-23(37(39)40)22(15-24(20)41-6)35(5)13-12-34(3)4/h7-8,11,14-16,18H,9-10,12-13,17H2,1-6H3,(H,31,32,33). The fourth-order valence-corrected chi connectivity index (χ4v) is 5.15. The van der Waals surface area contributed by atoms with E-state index in [0.29, 0.717) is 42.6 Å². The van der Waals surface area contributed by atoms with Gasteiger partial charge in [-0.3, -0.25) is 15.1 Å². The molecule has 1 N–H and O–H groups in total.